The first-order chi connectivity index (χ1) is 9.84. The molecule has 0 amide bonds. The first-order valence-electron chi connectivity index (χ1n) is 8.56. The summed E-state index contributed by atoms with van der Waals surface area (Å²) in [5, 5.41) is 5.24. The van der Waals surface area contributed by atoms with E-state index in [0.29, 0.717) is 11.3 Å². The number of hydrogen-bond donors (Lipinski definition) is 1. The summed E-state index contributed by atoms with van der Waals surface area (Å²) in [6, 6.07) is 0. The summed E-state index contributed by atoms with van der Waals surface area (Å²) in [4.78, 5) is 6.44. The number of aromatic nitrogens is 1. The van der Waals surface area contributed by atoms with Crippen LogP contribution in [0.15, 0.2) is 0 Å². The second-order valence-electron chi connectivity index (χ2n) is 7.54. The van der Waals surface area contributed by atoms with Gasteiger partial charge in [0, 0.05) is 4.88 Å². The molecule has 21 heavy (non-hydrogen) atoms. The Morgan fingerprint density at radius 1 is 1.29 bits per heavy atom. The number of aryl methyl sites for hydroxylation is 2. The zero-order valence-corrected chi connectivity index (χ0v) is 15.5. The van der Waals surface area contributed by atoms with Crippen LogP contribution in [-0.4, -0.2) is 11.5 Å². The Kier molecular flexibility index (Phi) is 5.15. The van der Waals surface area contributed by atoms with E-state index in [2.05, 4.69) is 46.9 Å². The molecule has 1 saturated carbocycles. The monoisotopic (exact) mass is 308 g/mol. The fourth-order valence-electron chi connectivity index (χ4n) is 3.84. The molecule has 0 saturated heterocycles. The highest BCUT2D eigenvalue weighted by molar-refractivity contribution is 7.11. The van der Waals surface area contributed by atoms with E-state index in [4.69, 9.17) is 4.98 Å². The van der Waals surface area contributed by atoms with Gasteiger partial charge in [-0.3, -0.25) is 0 Å². The number of rotatable bonds is 5. The van der Waals surface area contributed by atoms with E-state index in [1.165, 1.54) is 41.3 Å². The summed E-state index contributed by atoms with van der Waals surface area (Å²) in [5.41, 5.74) is 1.87. The van der Waals surface area contributed by atoms with Crippen LogP contribution in [-0.2, 0) is 12.0 Å². The number of thiazole rings is 1. The van der Waals surface area contributed by atoms with Crippen LogP contribution in [0, 0.1) is 18.3 Å². The topological polar surface area (TPSA) is 24.9 Å². The highest BCUT2D eigenvalue weighted by atomic mass is 32.1. The summed E-state index contributed by atoms with van der Waals surface area (Å²) in [6.45, 7) is 15.0. The number of nitrogens with zero attached hydrogens (tertiary/aromatic N) is 1. The first-order valence-corrected chi connectivity index (χ1v) is 9.38. The molecule has 2 atom stereocenters. The molecule has 2 rings (SSSR count). The lowest BCUT2D eigenvalue weighted by atomic mass is 9.64. The molecular weight excluding hydrogens is 276 g/mol. The van der Waals surface area contributed by atoms with Crippen molar-refractivity contribution in [2.24, 2.45) is 11.3 Å². The third-order valence-corrected chi connectivity index (χ3v) is 6.39. The minimum atomic E-state index is 0.106. The van der Waals surface area contributed by atoms with Crippen LogP contribution in [0.25, 0.3) is 0 Å². The third-order valence-electron chi connectivity index (χ3n) is 5.20. The van der Waals surface area contributed by atoms with Crippen molar-refractivity contribution in [3.05, 3.63) is 15.6 Å². The van der Waals surface area contributed by atoms with Gasteiger partial charge in [0.15, 0.2) is 0 Å². The average Bonchev–Trinajstić information content (AvgIpc) is 2.79. The van der Waals surface area contributed by atoms with Gasteiger partial charge in [0.1, 0.15) is 5.01 Å². The van der Waals surface area contributed by atoms with Crippen LogP contribution in [0.5, 0.6) is 0 Å². The van der Waals surface area contributed by atoms with Gasteiger partial charge in [-0.2, -0.15) is 0 Å². The second kappa shape index (κ2) is 6.37. The summed E-state index contributed by atoms with van der Waals surface area (Å²) in [6.07, 6.45) is 6.02. The largest absolute Gasteiger partial charge is 0.305 e. The molecule has 1 fully saturated rings. The van der Waals surface area contributed by atoms with Gasteiger partial charge in [0.05, 0.1) is 11.2 Å². The molecule has 120 valence electrons. The average molecular weight is 309 g/mol. The second-order valence-corrected chi connectivity index (χ2v) is 8.75. The highest BCUT2D eigenvalue weighted by Crippen LogP contribution is 2.49. The molecule has 1 aromatic heterocycles. The lowest BCUT2D eigenvalue weighted by molar-refractivity contribution is 0.0715. The normalized spacial score (nSPS) is 28.8. The predicted octanol–water partition coefficient (Wildman–Crippen LogP) is 5.06. The minimum Gasteiger partial charge on any atom is -0.305 e. The Bertz CT molecular complexity index is 478. The van der Waals surface area contributed by atoms with E-state index in [1.807, 2.05) is 11.3 Å². The minimum absolute atomic E-state index is 0.106. The maximum atomic E-state index is 5.03. The first kappa shape index (κ1) is 17.0. The maximum Gasteiger partial charge on any atom is 0.114 e. The Hall–Kier alpha value is -0.410. The van der Waals surface area contributed by atoms with Crippen molar-refractivity contribution in [2.45, 2.75) is 79.2 Å². The van der Waals surface area contributed by atoms with Crippen LogP contribution < -0.4 is 5.32 Å². The van der Waals surface area contributed by atoms with Crippen molar-refractivity contribution in [3.63, 3.8) is 0 Å². The Morgan fingerprint density at radius 2 is 2.00 bits per heavy atom. The summed E-state index contributed by atoms with van der Waals surface area (Å²) < 4.78 is 0. The quantitative estimate of drug-likeness (QED) is 0.823. The van der Waals surface area contributed by atoms with Crippen molar-refractivity contribution >= 4 is 11.3 Å². The summed E-state index contributed by atoms with van der Waals surface area (Å²) in [5.74, 6) is 0.642. The molecule has 2 nitrogen and oxygen atoms in total. The molecule has 1 aliphatic carbocycles. The van der Waals surface area contributed by atoms with Gasteiger partial charge in [0.25, 0.3) is 0 Å². The standard InChI is InChI=1S/C18H32N2S/c1-7-11-19-18(10-9-17(5,6)12-13(18)3)16-20-15(8-2)14(4)21-16/h13,19H,7-12H2,1-6H3. The van der Waals surface area contributed by atoms with Crippen molar-refractivity contribution in [1.29, 1.82) is 0 Å². The van der Waals surface area contributed by atoms with E-state index in [9.17, 15) is 0 Å². The van der Waals surface area contributed by atoms with Gasteiger partial charge in [0.2, 0.25) is 0 Å². The molecular formula is C18H32N2S. The molecule has 2 unspecified atom stereocenters. The third kappa shape index (κ3) is 3.34. The van der Waals surface area contributed by atoms with E-state index in [0.717, 1.165) is 13.0 Å². The van der Waals surface area contributed by atoms with Crippen LogP contribution in [0.3, 0.4) is 0 Å². The van der Waals surface area contributed by atoms with E-state index in [-0.39, 0.29) is 5.54 Å². The van der Waals surface area contributed by atoms with Gasteiger partial charge < -0.3 is 5.32 Å². The molecule has 1 aliphatic rings. The Morgan fingerprint density at radius 3 is 2.52 bits per heavy atom. The maximum absolute atomic E-state index is 5.03. The lowest BCUT2D eigenvalue weighted by Gasteiger charge is -2.48. The number of hydrogen-bond acceptors (Lipinski definition) is 3. The zero-order valence-electron chi connectivity index (χ0n) is 14.7. The van der Waals surface area contributed by atoms with Crippen molar-refractivity contribution in [3.8, 4) is 0 Å². The van der Waals surface area contributed by atoms with Crippen LogP contribution in [0.1, 0.15) is 75.9 Å². The molecule has 0 radical (unpaired) electrons. The van der Waals surface area contributed by atoms with Gasteiger partial charge in [-0.05, 0) is 56.9 Å². The molecule has 1 aromatic rings. The summed E-state index contributed by atoms with van der Waals surface area (Å²) >= 11 is 1.93. The van der Waals surface area contributed by atoms with Crippen LogP contribution in [0.4, 0.5) is 0 Å². The molecule has 0 aliphatic heterocycles. The van der Waals surface area contributed by atoms with E-state index in [1.54, 1.807) is 0 Å². The zero-order chi connectivity index (χ0) is 15.7. The van der Waals surface area contributed by atoms with Crippen molar-refractivity contribution < 1.29 is 0 Å². The lowest BCUT2D eigenvalue weighted by Crippen LogP contribution is -2.52. The Balaban J connectivity index is 2.37. The summed E-state index contributed by atoms with van der Waals surface area (Å²) in [7, 11) is 0. The van der Waals surface area contributed by atoms with Crippen LogP contribution >= 0.6 is 11.3 Å². The molecule has 0 spiro atoms. The van der Waals surface area contributed by atoms with Gasteiger partial charge >= 0.3 is 0 Å². The smallest absolute Gasteiger partial charge is 0.114 e. The highest BCUT2D eigenvalue weighted by Gasteiger charge is 2.46. The fraction of sp³-hybridized carbons (Fsp3) is 0.833. The Labute approximate surface area is 134 Å². The van der Waals surface area contributed by atoms with Gasteiger partial charge in [-0.15, -0.1) is 11.3 Å². The van der Waals surface area contributed by atoms with Gasteiger partial charge in [-0.25, -0.2) is 4.98 Å². The van der Waals surface area contributed by atoms with Gasteiger partial charge in [-0.1, -0.05) is 34.6 Å². The van der Waals surface area contributed by atoms with E-state index < -0.39 is 0 Å². The number of nitrogens with one attached hydrogen (secondary N) is 1. The predicted molar refractivity (Wildman–Crippen MR) is 93.0 cm³/mol. The fourth-order valence-corrected chi connectivity index (χ4v) is 5.15. The molecule has 0 bridgehead atoms. The van der Waals surface area contributed by atoms with Crippen LogP contribution in [0.2, 0.25) is 0 Å². The molecule has 3 heteroatoms. The van der Waals surface area contributed by atoms with Crippen molar-refractivity contribution in [1.82, 2.24) is 10.3 Å². The SMILES string of the molecule is CCCNC1(c2nc(CC)c(C)s2)CCC(C)(C)CC1C. The van der Waals surface area contributed by atoms with Crippen molar-refractivity contribution in [2.75, 3.05) is 6.54 Å². The van der Waals surface area contributed by atoms with E-state index >= 15 is 0 Å². The molecule has 0 aromatic carbocycles. The molecule has 1 N–H and O–H groups in total. The molecule has 1 heterocycles.